The van der Waals surface area contributed by atoms with Crippen LogP contribution in [0.3, 0.4) is 0 Å². The third-order valence-corrected chi connectivity index (χ3v) is 1.74. The van der Waals surface area contributed by atoms with Gasteiger partial charge < -0.3 is 10.5 Å². The van der Waals surface area contributed by atoms with Gasteiger partial charge >= 0.3 is 5.97 Å². The highest BCUT2D eigenvalue weighted by Crippen LogP contribution is 2.02. The van der Waals surface area contributed by atoms with Crippen LogP contribution in [0.5, 0.6) is 0 Å². The van der Waals surface area contributed by atoms with Crippen LogP contribution in [0.4, 0.5) is 0 Å². The van der Waals surface area contributed by atoms with Gasteiger partial charge in [0.25, 0.3) is 0 Å². The Morgan fingerprint density at radius 3 is 2.64 bits per heavy atom. The minimum Gasteiger partial charge on any atom is -0.461 e. The van der Waals surface area contributed by atoms with Gasteiger partial charge in [-0.15, -0.1) is 6.58 Å². The molecule has 0 aliphatic heterocycles. The molecule has 3 heteroatoms. The number of allylic oxidation sites excluding steroid dienone is 2. The Hall–Kier alpha value is -1.25. The average molecular weight is 197 g/mol. The summed E-state index contributed by atoms with van der Waals surface area (Å²) in [7, 11) is 0. The largest absolute Gasteiger partial charge is 0.461 e. The number of rotatable bonds is 7. The Morgan fingerprint density at radius 2 is 2.07 bits per heavy atom. The van der Waals surface area contributed by atoms with Gasteiger partial charge in [-0.25, -0.2) is 4.79 Å². The Balaban J connectivity index is 3.64. The second-order valence-electron chi connectivity index (χ2n) is 2.95. The van der Waals surface area contributed by atoms with Gasteiger partial charge in [0.2, 0.25) is 0 Å². The van der Waals surface area contributed by atoms with Gasteiger partial charge in [-0.1, -0.05) is 12.2 Å². The first kappa shape index (κ1) is 12.8. The zero-order valence-electron chi connectivity index (χ0n) is 8.79. The van der Waals surface area contributed by atoms with Crippen molar-refractivity contribution in [2.24, 2.45) is 5.73 Å². The fraction of sp³-hybridized carbons (Fsp3) is 0.545. The molecular formula is C11H19NO2. The quantitative estimate of drug-likeness (QED) is 0.294. The standard InChI is InChI=1S/C11H19NO2/c1-3-5-6-7-8-9-10(12)11(13)14-4-2/h3,9H,1,4-8,12H2,2H3/b10-9-. The Labute approximate surface area is 85.6 Å². The molecule has 0 heterocycles. The van der Waals surface area contributed by atoms with E-state index < -0.39 is 5.97 Å². The second-order valence-corrected chi connectivity index (χ2v) is 2.95. The lowest BCUT2D eigenvalue weighted by Gasteiger charge is -2.00. The molecule has 0 unspecified atom stereocenters. The van der Waals surface area contributed by atoms with E-state index in [0.29, 0.717) is 6.61 Å². The maximum absolute atomic E-state index is 11.0. The highest BCUT2D eigenvalue weighted by molar-refractivity contribution is 5.87. The lowest BCUT2D eigenvalue weighted by Crippen LogP contribution is -2.14. The summed E-state index contributed by atoms with van der Waals surface area (Å²) in [6, 6.07) is 0. The van der Waals surface area contributed by atoms with Crippen LogP contribution in [0.25, 0.3) is 0 Å². The highest BCUT2D eigenvalue weighted by Gasteiger charge is 2.03. The van der Waals surface area contributed by atoms with Crippen LogP contribution in [-0.4, -0.2) is 12.6 Å². The number of hydrogen-bond acceptors (Lipinski definition) is 3. The molecule has 0 radical (unpaired) electrons. The number of carbonyl (C=O) groups excluding carboxylic acids is 1. The molecule has 0 bridgehead atoms. The molecule has 0 aromatic rings. The van der Waals surface area contributed by atoms with E-state index in [-0.39, 0.29) is 5.70 Å². The first-order valence-electron chi connectivity index (χ1n) is 4.96. The van der Waals surface area contributed by atoms with Gasteiger partial charge in [0.05, 0.1) is 6.61 Å². The molecule has 2 N–H and O–H groups in total. The molecule has 0 saturated carbocycles. The van der Waals surface area contributed by atoms with Gasteiger partial charge in [0, 0.05) is 0 Å². The molecule has 80 valence electrons. The number of carbonyl (C=O) groups is 1. The van der Waals surface area contributed by atoms with Gasteiger partial charge in [-0.05, 0) is 32.6 Å². The zero-order chi connectivity index (χ0) is 10.8. The third-order valence-electron chi connectivity index (χ3n) is 1.74. The first-order valence-corrected chi connectivity index (χ1v) is 4.96. The Bertz CT molecular complexity index is 209. The van der Waals surface area contributed by atoms with E-state index in [4.69, 9.17) is 10.5 Å². The molecular weight excluding hydrogens is 178 g/mol. The van der Waals surface area contributed by atoms with Crippen LogP contribution in [-0.2, 0) is 9.53 Å². The molecule has 0 amide bonds. The average Bonchev–Trinajstić information content (AvgIpc) is 2.17. The van der Waals surface area contributed by atoms with Crippen molar-refractivity contribution >= 4 is 5.97 Å². The van der Waals surface area contributed by atoms with Crippen molar-refractivity contribution in [3.8, 4) is 0 Å². The van der Waals surface area contributed by atoms with Crippen molar-refractivity contribution in [1.82, 2.24) is 0 Å². The van der Waals surface area contributed by atoms with Crippen LogP contribution >= 0.6 is 0 Å². The van der Waals surface area contributed by atoms with Gasteiger partial charge in [0.15, 0.2) is 0 Å². The van der Waals surface area contributed by atoms with E-state index in [1.807, 2.05) is 6.08 Å². The molecule has 0 spiro atoms. The monoisotopic (exact) mass is 197 g/mol. The van der Waals surface area contributed by atoms with Crippen LogP contribution < -0.4 is 5.73 Å². The normalized spacial score (nSPS) is 11.1. The summed E-state index contributed by atoms with van der Waals surface area (Å²) in [5.41, 5.74) is 5.70. The summed E-state index contributed by atoms with van der Waals surface area (Å²) >= 11 is 0. The molecule has 14 heavy (non-hydrogen) atoms. The SMILES string of the molecule is C=CCCCC/C=C(\N)C(=O)OCC. The van der Waals surface area contributed by atoms with E-state index in [0.717, 1.165) is 25.7 Å². The maximum atomic E-state index is 11.0. The van der Waals surface area contributed by atoms with Crippen LogP contribution in [0.15, 0.2) is 24.4 Å². The van der Waals surface area contributed by atoms with Gasteiger partial charge in [-0.3, -0.25) is 0 Å². The van der Waals surface area contributed by atoms with E-state index in [1.165, 1.54) is 0 Å². The topological polar surface area (TPSA) is 52.3 Å². The van der Waals surface area contributed by atoms with Crippen molar-refractivity contribution < 1.29 is 9.53 Å². The summed E-state index contributed by atoms with van der Waals surface area (Å²) in [6.45, 7) is 5.76. The first-order chi connectivity index (χ1) is 6.72. The molecule has 0 aliphatic rings. The van der Waals surface area contributed by atoms with Crippen LogP contribution in [0.2, 0.25) is 0 Å². The number of hydrogen-bond donors (Lipinski definition) is 1. The highest BCUT2D eigenvalue weighted by atomic mass is 16.5. The molecule has 0 aliphatic carbocycles. The number of ether oxygens (including phenoxy) is 1. The molecule has 0 aromatic carbocycles. The van der Waals surface area contributed by atoms with Crippen molar-refractivity contribution in [2.45, 2.75) is 32.6 Å². The molecule has 0 rings (SSSR count). The minimum atomic E-state index is -0.420. The number of esters is 1. The molecule has 0 saturated heterocycles. The van der Waals surface area contributed by atoms with Gasteiger partial charge in [-0.2, -0.15) is 0 Å². The van der Waals surface area contributed by atoms with Crippen LogP contribution in [0, 0.1) is 0 Å². The van der Waals surface area contributed by atoms with Crippen LogP contribution in [0.1, 0.15) is 32.6 Å². The summed E-state index contributed by atoms with van der Waals surface area (Å²) in [4.78, 5) is 11.0. The summed E-state index contributed by atoms with van der Waals surface area (Å²) < 4.78 is 4.73. The maximum Gasteiger partial charge on any atom is 0.353 e. The molecule has 3 nitrogen and oxygen atoms in total. The minimum absolute atomic E-state index is 0.213. The summed E-state index contributed by atoms with van der Waals surface area (Å²) in [6.07, 6.45) is 7.54. The second kappa shape index (κ2) is 8.35. The predicted molar refractivity (Wildman–Crippen MR) is 57.6 cm³/mol. The fourth-order valence-corrected chi connectivity index (χ4v) is 0.988. The summed E-state index contributed by atoms with van der Waals surface area (Å²) in [5, 5.41) is 0. The van der Waals surface area contributed by atoms with Crippen molar-refractivity contribution in [3.05, 3.63) is 24.4 Å². The zero-order valence-corrected chi connectivity index (χ0v) is 8.79. The van der Waals surface area contributed by atoms with Crippen molar-refractivity contribution in [2.75, 3.05) is 6.61 Å². The number of nitrogens with two attached hydrogens (primary N) is 1. The smallest absolute Gasteiger partial charge is 0.353 e. The van der Waals surface area contributed by atoms with Gasteiger partial charge in [0.1, 0.15) is 5.70 Å². The van der Waals surface area contributed by atoms with Crippen molar-refractivity contribution in [3.63, 3.8) is 0 Å². The van der Waals surface area contributed by atoms with E-state index >= 15 is 0 Å². The molecule has 0 aromatic heterocycles. The molecule has 0 atom stereocenters. The third kappa shape index (κ3) is 6.29. The summed E-state index contributed by atoms with van der Waals surface area (Å²) in [5.74, 6) is -0.420. The molecule has 0 fully saturated rings. The number of unbranched alkanes of at least 4 members (excludes halogenated alkanes) is 3. The van der Waals surface area contributed by atoms with E-state index in [1.54, 1.807) is 13.0 Å². The Kier molecular flexibility index (Phi) is 7.61. The van der Waals surface area contributed by atoms with E-state index in [9.17, 15) is 4.79 Å². The predicted octanol–water partition coefficient (Wildman–Crippen LogP) is 2.14. The Morgan fingerprint density at radius 1 is 1.43 bits per heavy atom. The lowest BCUT2D eigenvalue weighted by atomic mass is 10.2. The fourth-order valence-electron chi connectivity index (χ4n) is 0.988. The van der Waals surface area contributed by atoms with Crippen molar-refractivity contribution in [1.29, 1.82) is 0 Å². The lowest BCUT2D eigenvalue weighted by molar-refractivity contribution is -0.138. The van der Waals surface area contributed by atoms with E-state index in [2.05, 4.69) is 6.58 Å².